The van der Waals surface area contributed by atoms with Crippen LogP contribution in [-0.4, -0.2) is 27.6 Å². The Morgan fingerprint density at radius 1 is 1.09 bits per heavy atom. The van der Waals surface area contributed by atoms with Gasteiger partial charge in [0.05, 0.1) is 10.8 Å². The number of allylic oxidation sites excluding steroid dienone is 2. The molecule has 0 fully saturated rings. The summed E-state index contributed by atoms with van der Waals surface area (Å²) in [6.07, 6.45) is 2.46. The molecule has 124 valence electrons. The van der Waals surface area contributed by atoms with Crippen molar-refractivity contribution >= 4 is 22.4 Å². The molecule has 0 aliphatic heterocycles. The number of ketones is 2. The van der Waals surface area contributed by atoms with Gasteiger partial charge in [-0.2, -0.15) is 0 Å². The molecule has 0 saturated heterocycles. The van der Waals surface area contributed by atoms with E-state index in [2.05, 4.69) is 5.32 Å². The number of hydrogen-bond acceptors (Lipinski definition) is 4. The van der Waals surface area contributed by atoms with Crippen molar-refractivity contribution in [2.45, 2.75) is 46.1 Å². The number of nitrogens with one attached hydrogen (secondary N) is 1. The van der Waals surface area contributed by atoms with Gasteiger partial charge in [0.2, 0.25) is 11.6 Å². The first-order valence-corrected chi connectivity index (χ1v) is 9.40. The third-order valence-electron chi connectivity index (χ3n) is 3.99. The molecule has 0 saturated carbocycles. The molecule has 2 atom stereocenters. The topological polar surface area (TPSA) is 63.2 Å². The number of Topliss-reactive ketones (excluding diaryl/α,β-unsaturated/α-hetero) is 2. The zero-order valence-electron chi connectivity index (χ0n) is 13.8. The average molecular weight is 333 g/mol. The lowest BCUT2D eigenvalue weighted by Gasteiger charge is -2.24. The van der Waals surface area contributed by atoms with Gasteiger partial charge in [0, 0.05) is 22.9 Å². The van der Waals surface area contributed by atoms with Gasteiger partial charge in [-0.3, -0.25) is 13.8 Å². The van der Waals surface area contributed by atoms with Crippen LogP contribution in [0.1, 0.15) is 60.7 Å². The molecule has 2 unspecified atom stereocenters. The molecule has 1 aliphatic carbocycles. The van der Waals surface area contributed by atoms with Crippen LogP contribution in [0.25, 0.3) is 0 Å². The third-order valence-corrected chi connectivity index (χ3v) is 5.50. The normalized spacial score (nSPS) is 17.0. The maximum atomic E-state index is 12.8. The Morgan fingerprint density at radius 2 is 1.70 bits per heavy atom. The lowest BCUT2D eigenvalue weighted by molar-refractivity contribution is 0.0973. The van der Waals surface area contributed by atoms with E-state index in [-0.39, 0.29) is 28.2 Å². The number of rotatable bonds is 7. The highest BCUT2D eigenvalue weighted by Gasteiger charge is 2.35. The first-order valence-electron chi connectivity index (χ1n) is 8.08. The van der Waals surface area contributed by atoms with E-state index in [0.717, 1.165) is 19.3 Å². The van der Waals surface area contributed by atoms with Crippen molar-refractivity contribution in [2.75, 3.05) is 5.75 Å². The standard InChI is InChI=1S/C18H23NO3S/c1-4-6-11-23(22)18-15(19-12(3)5-2)16(20)13-9-7-8-10-14(13)17(18)21/h7-10,12,19H,4-6,11H2,1-3H3. The molecular weight excluding hydrogens is 310 g/mol. The Hall–Kier alpha value is -1.75. The molecule has 0 aromatic heterocycles. The van der Waals surface area contributed by atoms with Crippen molar-refractivity contribution in [3.8, 4) is 0 Å². The lowest BCUT2D eigenvalue weighted by Crippen LogP contribution is -2.36. The summed E-state index contributed by atoms with van der Waals surface area (Å²) in [5.74, 6) is -0.126. The quantitative estimate of drug-likeness (QED) is 0.832. The van der Waals surface area contributed by atoms with Crippen molar-refractivity contribution in [3.63, 3.8) is 0 Å². The van der Waals surface area contributed by atoms with Crippen LogP contribution >= 0.6 is 0 Å². The Kier molecular flexibility index (Phi) is 5.88. The van der Waals surface area contributed by atoms with Gasteiger partial charge in [-0.15, -0.1) is 0 Å². The predicted octanol–water partition coefficient (Wildman–Crippen LogP) is 3.21. The first-order chi connectivity index (χ1) is 11.0. The van der Waals surface area contributed by atoms with E-state index < -0.39 is 10.8 Å². The monoisotopic (exact) mass is 333 g/mol. The Balaban J connectivity index is 2.52. The summed E-state index contributed by atoms with van der Waals surface area (Å²) >= 11 is 0. The first kappa shape index (κ1) is 17.6. The Bertz CT molecular complexity index is 679. The second-order valence-corrected chi connectivity index (χ2v) is 7.27. The summed E-state index contributed by atoms with van der Waals surface area (Å²) in [7, 11) is -1.47. The van der Waals surface area contributed by atoms with Crippen LogP contribution in [0, 0.1) is 0 Å². The van der Waals surface area contributed by atoms with Gasteiger partial charge in [-0.05, 0) is 19.8 Å². The number of benzene rings is 1. The summed E-state index contributed by atoms with van der Waals surface area (Å²) in [5.41, 5.74) is 0.962. The number of fused-ring (bicyclic) bond motifs is 1. The van der Waals surface area contributed by atoms with Crippen LogP contribution < -0.4 is 5.32 Å². The van der Waals surface area contributed by atoms with Gasteiger partial charge in [0.25, 0.3) is 0 Å². The summed E-state index contributed by atoms with van der Waals surface area (Å²) in [6.45, 7) is 5.94. The second kappa shape index (κ2) is 7.68. The van der Waals surface area contributed by atoms with E-state index in [4.69, 9.17) is 0 Å². The van der Waals surface area contributed by atoms with Gasteiger partial charge in [-0.1, -0.05) is 44.5 Å². The smallest absolute Gasteiger partial charge is 0.210 e. The zero-order chi connectivity index (χ0) is 17.0. The molecule has 0 bridgehead atoms. The number of hydrogen-bond donors (Lipinski definition) is 1. The fourth-order valence-electron chi connectivity index (χ4n) is 2.43. The molecule has 1 aromatic carbocycles. The van der Waals surface area contributed by atoms with E-state index in [9.17, 15) is 13.8 Å². The molecule has 0 radical (unpaired) electrons. The molecule has 23 heavy (non-hydrogen) atoms. The number of unbranched alkanes of at least 4 members (excludes halogenated alkanes) is 1. The minimum atomic E-state index is -1.47. The van der Waals surface area contributed by atoms with Crippen LogP contribution in [0.5, 0.6) is 0 Å². The predicted molar refractivity (Wildman–Crippen MR) is 92.9 cm³/mol. The SMILES string of the molecule is CCCCS(=O)C1=C(NC(C)CC)C(=O)c2ccccc2C1=O. The summed E-state index contributed by atoms with van der Waals surface area (Å²) in [6, 6.07) is 6.78. The van der Waals surface area contributed by atoms with Crippen LogP contribution in [0.3, 0.4) is 0 Å². The maximum Gasteiger partial charge on any atom is 0.210 e. The van der Waals surface area contributed by atoms with Gasteiger partial charge in [0.1, 0.15) is 10.6 Å². The molecule has 2 rings (SSSR count). The largest absolute Gasteiger partial charge is 0.378 e. The van der Waals surface area contributed by atoms with Crippen molar-refractivity contribution in [3.05, 3.63) is 46.0 Å². The van der Waals surface area contributed by atoms with E-state index in [1.165, 1.54) is 0 Å². The zero-order valence-corrected chi connectivity index (χ0v) is 14.7. The highest BCUT2D eigenvalue weighted by atomic mass is 32.2. The van der Waals surface area contributed by atoms with Crippen molar-refractivity contribution in [2.24, 2.45) is 0 Å². The van der Waals surface area contributed by atoms with Gasteiger partial charge in [-0.25, -0.2) is 0 Å². The molecule has 1 aliphatic rings. The molecule has 0 spiro atoms. The average Bonchev–Trinajstić information content (AvgIpc) is 2.57. The van der Waals surface area contributed by atoms with Gasteiger partial charge >= 0.3 is 0 Å². The van der Waals surface area contributed by atoms with Gasteiger partial charge < -0.3 is 5.32 Å². The molecule has 1 N–H and O–H groups in total. The Morgan fingerprint density at radius 3 is 2.26 bits per heavy atom. The second-order valence-electron chi connectivity index (χ2n) is 5.76. The van der Waals surface area contributed by atoms with Gasteiger partial charge in [0.15, 0.2) is 0 Å². The van der Waals surface area contributed by atoms with E-state index >= 15 is 0 Å². The fraction of sp³-hybridized carbons (Fsp3) is 0.444. The highest BCUT2D eigenvalue weighted by molar-refractivity contribution is 7.90. The van der Waals surface area contributed by atoms with Crippen molar-refractivity contribution in [1.82, 2.24) is 5.32 Å². The highest BCUT2D eigenvalue weighted by Crippen LogP contribution is 2.28. The lowest BCUT2D eigenvalue weighted by atomic mass is 9.92. The van der Waals surface area contributed by atoms with E-state index in [1.54, 1.807) is 24.3 Å². The van der Waals surface area contributed by atoms with Crippen LogP contribution in [0.2, 0.25) is 0 Å². The Labute approximate surface area is 139 Å². The third kappa shape index (κ3) is 3.61. The minimum absolute atomic E-state index is 0.0326. The van der Waals surface area contributed by atoms with Crippen LogP contribution in [0.4, 0.5) is 0 Å². The number of carbonyl (C=O) groups is 2. The van der Waals surface area contributed by atoms with Crippen LogP contribution in [-0.2, 0) is 10.8 Å². The summed E-state index contributed by atoms with van der Waals surface area (Å²) < 4.78 is 12.6. The molecule has 5 heteroatoms. The molecule has 0 amide bonds. The van der Waals surface area contributed by atoms with Crippen molar-refractivity contribution in [1.29, 1.82) is 0 Å². The minimum Gasteiger partial charge on any atom is -0.378 e. The fourth-order valence-corrected chi connectivity index (χ4v) is 3.88. The van der Waals surface area contributed by atoms with Crippen molar-refractivity contribution < 1.29 is 13.8 Å². The van der Waals surface area contributed by atoms with E-state index in [0.29, 0.717) is 16.9 Å². The summed E-state index contributed by atoms with van der Waals surface area (Å²) in [4.78, 5) is 25.7. The van der Waals surface area contributed by atoms with E-state index in [1.807, 2.05) is 20.8 Å². The molecule has 4 nitrogen and oxygen atoms in total. The molecule has 0 heterocycles. The molecular formula is C18H23NO3S. The molecule has 1 aromatic rings. The number of carbonyl (C=O) groups excluding carboxylic acids is 2. The van der Waals surface area contributed by atoms with Crippen LogP contribution in [0.15, 0.2) is 34.9 Å². The summed E-state index contributed by atoms with van der Waals surface area (Å²) in [5, 5.41) is 3.11. The maximum absolute atomic E-state index is 12.8.